The number of hydrogen-bond donors (Lipinski definition) is 0. The summed E-state index contributed by atoms with van der Waals surface area (Å²) >= 11 is 5.63. The van der Waals surface area contributed by atoms with E-state index < -0.39 is 5.95 Å². The molecule has 1 aromatic carbocycles. The smallest absolute Gasteiger partial charge is 0.213 e. The molecule has 0 spiro atoms. The van der Waals surface area contributed by atoms with Crippen LogP contribution in [0, 0.1) is 11.8 Å². The summed E-state index contributed by atoms with van der Waals surface area (Å²) in [6.07, 6.45) is 0. The summed E-state index contributed by atoms with van der Waals surface area (Å²) in [6, 6.07) is 8.68. The Bertz CT molecular complexity index is 497. The summed E-state index contributed by atoms with van der Waals surface area (Å²) in [7, 11) is 0. The first-order valence-corrected chi connectivity index (χ1v) is 5.21. The van der Waals surface area contributed by atoms with Crippen LogP contribution in [-0.4, -0.2) is 4.98 Å². The Morgan fingerprint density at radius 3 is 2.38 bits per heavy atom. The third-order valence-electron chi connectivity index (χ3n) is 2.15. The van der Waals surface area contributed by atoms with Crippen molar-refractivity contribution >= 4 is 11.6 Å². The second kappa shape index (κ2) is 4.58. The standard InChI is InChI=1S/C12H8ClF2N/c13-7-8-5-11(16-12(15)6-8)9-1-3-10(14)4-2-9/h1-6H,7H2. The van der Waals surface area contributed by atoms with Gasteiger partial charge in [-0.3, -0.25) is 0 Å². The molecule has 4 heteroatoms. The van der Waals surface area contributed by atoms with E-state index in [0.717, 1.165) is 0 Å². The number of aromatic nitrogens is 1. The monoisotopic (exact) mass is 239 g/mol. The second-order valence-corrected chi connectivity index (χ2v) is 3.59. The van der Waals surface area contributed by atoms with Gasteiger partial charge in [-0.2, -0.15) is 4.39 Å². The van der Waals surface area contributed by atoms with Gasteiger partial charge in [-0.25, -0.2) is 9.37 Å². The first kappa shape index (κ1) is 11.0. The van der Waals surface area contributed by atoms with Gasteiger partial charge in [0, 0.05) is 11.4 Å². The largest absolute Gasteiger partial charge is 0.220 e. The van der Waals surface area contributed by atoms with Crippen LogP contribution in [0.5, 0.6) is 0 Å². The molecule has 82 valence electrons. The number of hydrogen-bond acceptors (Lipinski definition) is 1. The second-order valence-electron chi connectivity index (χ2n) is 3.32. The molecule has 0 unspecified atom stereocenters. The lowest BCUT2D eigenvalue weighted by atomic mass is 10.1. The predicted molar refractivity (Wildman–Crippen MR) is 59.1 cm³/mol. The van der Waals surface area contributed by atoms with E-state index in [4.69, 9.17) is 11.6 Å². The third-order valence-corrected chi connectivity index (χ3v) is 2.46. The van der Waals surface area contributed by atoms with Crippen LogP contribution in [-0.2, 0) is 5.88 Å². The highest BCUT2D eigenvalue weighted by Crippen LogP contribution is 2.20. The molecule has 16 heavy (non-hydrogen) atoms. The van der Waals surface area contributed by atoms with E-state index in [1.807, 2.05) is 0 Å². The Balaban J connectivity index is 2.47. The molecule has 0 saturated carbocycles. The summed E-state index contributed by atoms with van der Waals surface area (Å²) in [4.78, 5) is 3.73. The van der Waals surface area contributed by atoms with Gasteiger partial charge in [0.05, 0.1) is 5.69 Å². The SMILES string of the molecule is Fc1ccc(-c2cc(CCl)cc(F)n2)cc1. The average molecular weight is 240 g/mol. The van der Waals surface area contributed by atoms with Crippen LogP contribution in [0.1, 0.15) is 5.56 Å². The molecule has 2 rings (SSSR count). The Kier molecular flexibility index (Phi) is 3.15. The molecule has 0 amide bonds. The molecule has 1 nitrogen and oxygen atoms in total. The van der Waals surface area contributed by atoms with Crippen LogP contribution in [0.3, 0.4) is 0 Å². The molecule has 0 atom stereocenters. The van der Waals surface area contributed by atoms with Gasteiger partial charge in [-0.1, -0.05) is 0 Å². The quantitative estimate of drug-likeness (QED) is 0.574. The molecule has 1 heterocycles. The maximum atomic E-state index is 13.1. The van der Waals surface area contributed by atoms with E-state index in [1.54, 1.807) is 18.2 Å². The Morgan fingerprint density at radius 1 is 1.06 bits per heavy atom. The number of alkyl halides is 1. The number of halogens is 3. The summed E-state index contributed by atoms with van der Waals surface area (Å²) in [5, 5.41) is 0. The zero-order valence-electron chi connectivity index (χ0n) is 8.25. The maximum absolute atomic E-state index is 13.1. The number of pyridine rings is 1. The highest BCUT2D eigenvalue weighted by atomic mass is 35.5. The van der Waals surface area contributed by atoms with Crippen molar-refractivity contribution in [3.63, 3.8) is 0 Å². The van der Waals surface area contributed by atoms with Gasteiger partial charge in [-0.05, 0) is 42.0 Å². The lowest BCUT2D eigenvalue weighted by Gasteiger charge is -2.03. The maximum Gasteiger partial charge on any atom is 0.213 e. The van der Waals surface area contributed by atoms with Crippen LogP contribution in [0.4, 0.5) is 8.78 Å². The molecule has 0 aliphatic carbocycles. The van der Waals surface area contributed by atoms with Crippen LogP contribution in [0.25, 0.3) is 11.3 Å². The van der Waals surface area contributed by atoms with E-state index in [9.17, 15) is 8.78 Å². The Hall–Kier alpha value is -1.48. The molecule has 0 radical (unpaired) electrons. The highest BCUT2D eigenvalue weighted by molar-refractivity contribution is 6.17. The van der Waals surface area contributed by atoms with Gasteiger partial charge >= 0.3 is 0 Å². The molecule has 2 aromatic rings. The topological polar surface area (TPSA) is 12.9 Å². The van der Waals surface area contributed by atoms with Gasteiger partial charge in [0.25, 0.3) is 0 Å². The summed E-state index contributed by atoms with van der Waals surface area (Å²) in [5.41, 5.74) is 1.76. The van der Waals surface area contributed by atoms with E-state index >= 15 is 0 Å². The third kappa shape index (κ3) is 2.36. The molecule has 0 aliphatic rings. The number of nitrogens with zero attached hydrogens (tertiary/aromatic N) is 1. The van der Waals surface area contributed by atoms with Gasteiger partial charge in [0.2, 0.25) is 5.95 Å². The summed E-state index contributed by atoms with van der Waals surface area (Å²) < 4.78 is 25.8. The van der Waals surface area contributed by atoms with E-state index in [0.29, 0.717) is 16.8 Å². The molecular formula is C12H8ClF2N. The molecule has 1 aromatic heterocycles. The Morgan fingerprint density at radius 2 is 1.75 bits per heavy atom. The molecule has 0 fully saturated rings. The molecule has 0 N–H and O–H groups in total. The van der Waals surface area contributed by atoms with E-state index in [2.05, 4.69) is 4.98 Å². The fraction of sp³-hybridized carbons (Fsp3) is 0.0833. The van der Waals surface area contributed by atoms with Crippen molar-refractivity contribution in [1.82, 2.24) is 4.98 Å². The number of rotatable bonds is 2. The van der Waals surface area contributed by atoms with E-state index in [1.165, 1.54) is 18.2 Å². The van der Waals surface area contributed by atoms with Crippen LogP contribution in [0.2, 0.25) is 0 Å². The molecule has 0 aliphatic heterocycles. The van der Waals surface area contributed by atoms with Gasteiger partial charge < -0.3 is 0 Å². The van der Waals surface area contributed by atoms with Crippen molar-refractivity contribution in [1.29, 1.82) is 0 Å². The summed E-state index contributed by atoms with van der Waals surface area (Å²) in [5.74, 6) is -0.705. The Labute approximate surface area is 96.7 Å². The van der Waals surface area contributed by atoms with Gasteiger partial charge in [0.1, 0.15) is 5.82 Å². The van der Waals surface area contributed by atoms with Crippen LogP contribution in [0.15, 0.2) is 36.4 Å². The lowest BCUT2D eigenvalue weighted by Crippen LogP contribution is -1.91. The van der Waals surface area contributed by atoms with E-state index in [-0.39, 0.29) is 11.7 Å². The van der Waals surface area contributed by atoms with Crippen molar-refractivity contribution in [2.75, 3.05) is 0 Å². The van der Waals surface area contributed by atoms with Crippen molar-refractivity contribution < 1.29 is 8.78 Å². The summed E-state index contributed by atoms with van der Waals surface area (Å²) in [6.45, 7) is 0. The van der Waals surface area contributed by atoms with Gasteiger partial charge in [-0.15, -0.1) is 11.6 Å². The molecular weight excluding hydrogens is 232 g/mol. The predicted octanol–water partition coefficient (Wildman–Crippen LogP) is 3.77. The zero-order valence-corrected chi connectivity index (χ0v) is 9.01. The average Bonchev–Trinajstić information content (AvgIpc) is 2.29. The minimum Gasteiger partial charge on any atom is -0.220 e. The fourth-order valence-electron chi connectivity index (χ4n) is 1.40. The first-order valence-electron chi connectivity index (χ1n) is 4.67. The zero-order chi connectivity index (χ0) is 11.5. The lowest BCUT2D eigenvalue weighted by molar-refractivity contribution is 0.584. The van der Waals surface area contributed by atoms with Crippen LogP contribution >= 0.6 is 11.6 Å². The van der Waals surface area contributed by atoms with Crippen molar-refractivity contribution in [2.24, 2.45) is 0 Å². The van der Waals surface area contributed by atoms with Crippen molar-refractivity contribution in [3.8, 4) is 11.3 Å². The fourth-order valence-corrected chi connectivity index (χ4v) is 1.55. The van der Waals surface area contributed by atoms with Crippen LogP contribution < -0.4 is 0 Å². The van der Waals surface area contributed by atoms with Gasteiger partial charge in [0.15, 0.2) is 0 Å². The molecule has 0 bridgehead atoms. The van der Waals surface area contributed by atoms with Crippen molar-refractivity contribution in [3.05, 3.63) is 53.7 Å². The minimum atomic E-state index is -0.586. The first-order chi connectivity index (χ1) is 7.69. The van der Waals surface area contributed by atoms with Crippen molar-refractivity contribution in [2.45, 2.75) is 5.88 Å². The normalized spacial score (nSPS) is 10.4. The molecule has 0 saturated heterocycles. The number of benzene rings is 1. The highest BCUT2D eigenvalue weighted by Gasteiger charge is 2.04. The minimum absolute atomic E-state index is 0.216.